The molecular formula is C14H18N2O. The average molecular weight is 230 g/mol. The number of likely N-dealkylation sites (tertiary alicyclic amines) is 1. The maximum Gasteiger partial charge on any atom is 0.156 e. The molecule has 90 valence electrons. The van der Waals surface area contributed by atoms with Crippen LogP contribution in [0.5, 0.6) is 0 Å². The highest BCUT2D eigenvalue weighted by Gasteiger charge is 2.43. The summed E-state index contributed by atoms with van der Waals surface area (Å²) in [6.45, 7) is 2.67. The lowest BCUT2D eigenvalue weighted by molar-refractivity contribution is -0.0414. The Morgan fingerprint density at radius 2 is 2.06 bits per heavy atom. The summed E-state index contributed by atoms with van der Waals surface area (Å²) in [6, 6.07) is 12.3. The zero-order chi connectivity index (χ0) is 12.5. The van der Waals surface area contributed by atoms with Gasteiger partial charge in [-0.2, -0.15) is 5.26 Å². The second-order valence-electron chi connectivity index (χ2n) is 5.01. The van der Waals surface area contributed by atoms with Crippen LogP contribution in [0.15, 0.2) is 30.3 Å². The van der Waals surface area contributed by atoms with E-state index in [1.807, 2.05) is 32.2 Å². The van der Waals surface area contributed by atoms with E-state index in [-0.39, 0.29) is 12.0 Å². The molecule has 1 aromatic rings. The molecule has 3 unspecified atom stereocenters. The molecule has 0 spiro atoms. The van der Waals surface area contributed by atoms with Gasteiger partial charge in [-0.05, 0) is 12.6 Å². The van der Waals surface area contributed by atoms with Crippen molar-refractivity contribution in [2.75, 3.05) is 13.6 Å². The Morgan fingerprint density at radius 1 is 1.41 bits per heavy atom. The van der Waals surface area contributed by atoms with Gasteiger partial charge in [0.1, 0.15) is 0 Å². The van der Waals surface area contributed by atoms with E-state index in [1.54, 1.807) is 0 Å². The minimum atomic E-state index is -1.20. The van der Waals surface area contributed by atoms with Gasteiger partial charge in [-0.3, -0.25) is 4.90 Å². The molecule has 3 atom stereocenters. The summed E-state index contributed by atoms with van der Waals surface area (Å²) < 4.78 is 0. The van der Waals surface area contributed by atoms with Crippen LogP contribution in [0.4, 0.5) is 0 Å². The van der Waals surface area contributed by atoms with Gasteiger partial charge in [0.25, 0.3) is 0 Å². The zero-order valence-electron chi connectivity index (χ0n) is 10.3. The van der Waals surface area contributed by atoms with Crippen molar-refractivity contribution in [3.63, 3.8) is 0 Å². The predicted molar refractivity (Wildman–Crippen MR) is 66.2 cm³/mol. The summed E-state index contributed by atoms with van der Waals surface area (Å²) in [5.74, 6) is -0.0162. The number of hydrogen-bond acceptors (Lipinski definition) is 3. The highest BCUT2D eigenvalue weighted by atomic mass is 16.3. The third-order valence-electron chi connectivity index (χ3n) is 3.79. The number of piperidine rings is 1. The van der Waals surface area contributed by atoms with E-state index in [1.165, 1.54) is 0 Å². The van der Waals surface area contributed by atoms with Crippen molar-refractivity contribution in [1.29, 1.82) is 5.26 Å². The van der Waals surface area contributed by atoms with E-state index in [4.69, 9.17) is 5.26 Å². The molecule has 1 N–H and O–H groups in total. The van der Waals surface area contributed by atoms with Gasteiger partial charge in [0.2, 0.25) is 0 Å². The number of rotatable bonds is 1. The molecule has 1 fully saturated rings. The van der Waals surface area contributed by atoms with E-state index in [0.717, 1.165) is 12.1 Å². The number of nitriles is 1. The Labute approximate surface area is 102 Å². The van der Waals surface area contributed by atoms with Crippen LogP contribution in [0.3, 0.4) is 0 Å². The molecule has 17 heavy (non-hydrogen) atoms. The normalized spacial score (nSPS) is 34.2. The molecule has 0 radical (unpaired) electrons. The SMILES string of the molecule is CC1CN(C)C(c2ccccc2)CC1(O)C#N. The van der Waals surface area contributed by atoms with Crippen LogP contribution < -0.4 is 0 Å². The Bertz CT molecular complexity index is 426. The van der Waals surface area contributed by atoms with E-state index >= 15 is 0 Å². The molecule has 1 heterocycles. The van der Waals surface area contributed by atoms with Crippen molar-refractivity contribution < 1.29 is 5.11 Å². The molecule has 0 amide bonds. The van der Waals surface area contributed by atoms with Crippen molar-refractivity contribution in [1.82, 2.24) is 4.90 Å². The molecule has 0 aromatic heterocycles. The fraction of sp³-hybridized carbons (Fsp3) is 0.500. The molecular weight excluding hydrogens is 212 g/mol. The van der Waals surface area contributed by atoms with Crippen LogP contribution >= 0.6 is 0 Å². The first kappa shape index (κ1) is 12.1. The summed E-state index contributed by atoms with van der Waals surface area (Å²) in [5.41, 5.74) is -0.0388. The lowest BCUT2D eigenvalue weighted by Crippen LogP contribution is -2.50. The molecule has 1 saturated heterocycles. The Morgan fingerprint density at radius 3 is 2.65 bits per heavy atom. The molecule has 1 aliphatic rings. The molecule has 1 aromatic carbocycles. The molecule has 0 saturated carbocycles. The van der Waals surface area contributed by atoms with Gasteiger partial charge in [0.15, 0.2) is 5.60 Å². The van der Waals surface area contributed by atoms with Gasteiger partial charge < -0.3 is 5.11 Å². The van der Waals surface area contributed by atoms with Gasteiger partial charge in [-0.15, -0.1) is 0 Å². The molecule has 0 bridgehead atoms. The summed E-state index contributed by atoms with van der Waals surface area (Å²) >= 11 is 0. The minimum Gasteiger partial charge on any atom is -0.375 e. The first-order chi connectivity index (χ1) is 8.07. The first-order valence-electron chi connectivity index (χ1n) is 5.95. The third-order valence-corrected chi connectivity index (χ3v) is 3.79. The number of hydrogen-bond donors (Lipinski definition) is 1. The second kappa shape index (κ2) is 4.48. The van der Waals surface area contributed by atoms with E-state index in [9.17, 15) is 5.11 Å². The quantitative estimate of drug-likeness (QED) is 0.750. The fourth-order valence-electron chi connectivity index (χ4n) is 2.57. The number of benzene rings is 1. The van der Waals surface area contributed by atoms with Crippen LogP contribution in [-0.2, 0) is 0 Å². The summed E-state index contributed by atoms with van der Waals surface area (Å²) in [4.78, 5) is 2.21. The highest BCUT2D eigenvalue weighted by Crippen LogP contribution is 2.38. The van der Waals surface area contributed by atoms with Gasteiger partial charge in [0.05, 0.1) is 6.07 Å². The van der Waals surface area contributed by atoms with Crippen molar-refractivity contribution in [2.45, 2.75) is 25.0 Å². The van der Waals surface area contributed by atoms with Crippen molar-refractivity contribution in [2.24, 2.45) is 5.92 Å². The van der Waals surface area contributed by atoms with Crippen LogP contribution in [-0.4, -0.2) is 29.2 Å². The molecule has 3 heteroatoms. The highest BCUT2D eigenvalue weighted by molar-refractivity contribution is 5.22. The van der Waals surface area contributed by atoms with Gasteiger partial charge in [0, 0.05) is 24.9 Å². The average Bonchev–Trinajstić information content (AvgIpc) is 2.35. The Kier molecular flexibility index (Phi) is 3.19. The summed E-state index contributed by atoms with van der Waals surface area (Å²) in [7, 11) is 2.05. The van der Waals surface area contributed by atoms with Crippen LogP contribution in [0.1, 0.15) is 24.9 Å². The number of nitrogens with zero attached hydrogens (tertiary/aromatic N) is 2. The van der Waals surface area contributed by atoms with E-state index in [0.29, 0.717) is 6.42 Å². The number of aliphatic hydroxyl groups is 1. The van der Waals surface area contributed by atoms with Crippen molar-refractivity contribution in [3.8, 4) is 6.07 Å². The fourth-order valence-corrected chi connectivity index (χ4v) is 2.57. The molecule has 3 nitrogen and oxygen atoms in total. The van der Waals surface area contributed by atoms with Gasteiger partial charge >= 0.3 is 0 Å². The second-order valence-corrected chi connectivity index (χ2v) is 5.01. The van der Waals surface area contributed by atoms with Gasteiger partial charge in [-0.1, -0.05) is 37.3 Å². The molecule has 2 rings (SSSR count). The monoisotopic (exact) mass is 230 g/mol. The lowest BCUT2D eigenvalue weighted by Gasteiger charge is -2.43. The summed E-state index contributed by atoms with van der Waals surface area (Å²) in [5, 5.41) is 19.5. The summed E-state index contributed by atoms with van der Waals surface area (Å²) in [6.07, 6.45) is 0.477. The van der Waals surface area contributed by atoms with Gasteiger partial charge in [-0.25, -0.2) is 0 Å². The first-order valence-corrected chi connectivity index (χ1v) is 5.95. The Hall–Kier alpha value is -1.37. The van der Waals surface area contributed by atoms with Crippen LogP contribution in [0.25, 0.3) is 0 Å². The van der Waals surface area contributed by atoms with Crippen LogP contribution in [0, 0.1) is 17.2 Å². The standard InChI is InChI=1S/C14H18N2O/c1-11-9-16(2)13(8-14(11,17)10-15)12-6-4-3-5-7-12/h3-7,11,13,17H,8-9H2,1-2H3. The molecule has 0 aliphatic carbocycles. The lowest BCUT2D eigenvalue weighted by atomic mass is 9.78. The van der Waals surface area contributed by atoms with E-state index in [2.05, 4.69) is 23.1 Å². The Balaban J connectivity index is 2.28. The maximum atomic E-state index is 10.3. The van der Waals surface area contributed by atoms with Crippen LogP contribution in [0.2, 0.25) is 0 Å². The maximum absolute atomic E-state index is 10.3. The smallest absolute Gasteiger partial charge is 0.156 e. The zero-order valence-corrected chi connectivity index (χ0v) is 10.3. The van der Waals surface area contributed by atoms with Crippen molar-refractivity contribution in [3.05, 3.63) is 35.9 Å². The predicted octanol–water partition coefficient (Wildman–Crippen LogP) is 1.95. The largest absolute Gasteiger partial charge is 0.375 e. The molecule has 1 aliphatic heterocycles. The third kappa shape index (κ3) is 2.19. The minimum absolute atomic E-state index is 0.0162. The van der Waals surface area contributed by atoms with E-state index < -0.39 is 5.60 Å². The topological polar surface area (TPSA) is 47.3 Å². The van der Waals surface area contributed by atoms with Crippen molar-refractivity contribution >= 4 is 0 Å².